The molecule has 0 spiro atoms. The molecule has 5 heteroatoms. The molecule has 1 aliphatic rings. The van der Waals surface area contributed by atoms with Gasteiger partial charge in [-0.05, 0) is 55.0 Å². The van der Waals surface area contributed by atoms with Gasteiger partial charge in [-0.2, -0.15) is 14.5 Å². The molecule has 7 aromatic rings. The smallest absolute Gasteiger partial charge is 0.309 e. The van der Waals surface area contributed by atoms with Crippen LogP contribution in [0.2, 0.25) is 0 Å². The SMILES string of the molecule is C#C/C=C\c1c(C)c2c3c(ccc2n1-c1ccccc1)-c1ccccc1[N@@+]3(C)c1nc(-c2ccccc2)nc(-c2ccccc2)n1. The Morgan fingerprint density at radius 2 is 1.26 bits per heavy atom. The molecule has 0 radical (unpaired) electrons. The van der Waals surface area contributed by atoms with E-state index in [1.54, 1.807) is 6.08 Å². The topological polar surface area (TPSA) is 43.6 Å². The van der Waals surface area contributed by atoms with Gasteiger partial charge in [-0.15, -0.1) is 6.42 Å². The molecule has 1 atom stereocenters. The number of hydrogen-bond donors (Lipinski definition) is 0. The minimum absolute atomic E-state index is 0.281. The average Bonchev–Trinajstić information content (AvgIpc) is 3.56. The molecule has 3 heterocycles. The van der Waals surface area contributed by atoms with E-state index in [0.29, 0.717) is 17.6 Å². The van der Waals surface area contributed by atoms with Crippen LogP contribution in [0.4, 0.5) is 17.3 Å². The van der Waals surface area contributed by atoms with Crippen LogP contribution in [0.15, 0.2) is 133 Å². The van der Waals surface area contributed by atoms with Crippen LogP contribution in [0.25, 0.3) is 56.6 Å². The van der Waals surface area contributed by atoms with Crippen molar-refractivity contribution in [3.63, 3.8) is 0 Å². The average molecular weight is 593 g/mol. The first-order chi connectivity index (χ1) is 22.6. The molecule has 0 bridgehead atoms. The highest BCUT2D eigenvalue weighted by atomic mass is 15.4. The zero-order valence-corrected chi connectivity index (χ0v) is 25.6. The summed E-state index contributed by atoms with van der Waals surface area (Å²) in [7, 11) is 2.21. The van der Waals surface area contributed by atoms with Gasteiger partial charge < -0.3 is 4.57 Å². The number of aryl methyl sites for hydroxylation is 1. The van der Waals surface area contributed by atoms with E-state index in [4.69, 9.17) is 21.4 Å². The maximum atomic E-state index is 5.73. The zero-order chi connectivity index (χ0) is 31.3. The van der Waals surface area contributed by atoms with Crippen molar-refractivity contribution in [2.75, 3.05) is 7.05 Å². The van der Waals surface area contributed by atoms with E-state index in [0.717, 1.165) is 61.5 Å². The predicted octanol–water partition coefficient (Wildman–Crippen LogP) is 9.69. The van der Waals surface area contributed by atoms with Crippen LogP contribution in [0.3, 0.4) is 0 Å². The minimum Gasteiger partial charge on any atom is -0.309 e. The number of aromatic nitrogens is 4. The Bertz CT molecular complexity index is 2270. The van der Waals surface area contributed by atoms with Gasteiger partial charge in [0.15, 0.2) is 23.0 Å². The third-order valence-electron chi connectivity index (χ3n) is 8.96. The highest BCUT2D eigenvalue weighted by molar-refractivity contribution is 6.12. The van der Waals surface area contributed by atoms with Crippen molar-refractivity contribution >= 4 is 34.3 Å². The van der Waals surface area contributed by atoms with Gasteiger partial charge in [0, 0.05) is 28.4 Å². The van der Waals surface area contributed by atoms with Crippen LogP contribution >= 0.6 is 0 Å². The van der Waals surface area contributed by atoms with Crippen molar-refractivity contribution in [3.05, 3.63) is 145 Å². The standard InChI is InChI=1S/C41H30N5/c1-4-5-24-34-28(2)37-35(45(34)31-21-13-8-14-22-31)27-26-33-32-23-15-16-25-36(32)46(3,38(33)37)41-43-39(29-17-9-6-10-18-29)42-40(44-41)30-19-11-7-12-20-30/h1,5-27H,2-3H3/q+1/b24-5-/t46-/m1/s1. The molecule has 8 rings (SSSR count). The summed E-state index contributed by atoms with van der Waals surface area (Å²) in [4.78, 5) is 15.5. The van der Waals surface area contributed by atoms with Gasteiger partial charge in [0.05, 0.1) is 29.2 Å². The number of quaternary nitrogens is 1. The monoisotopic (exact) mass is 592 g/mol. The Balaban J connectivity index is 1.49. The highest BCUT2D eigenvalue weighted by Gasteiger charge is 2.47. The van der Waals surface area contributed by atoms with Crippen LogP contribution in [0, 0.1) is 19.3 Å². The molecule has 5 nitrogen and oxygen atoms in total. The number of para-hydroxylation sites is 2. The van der Waals surface area contributed by atoms with E-state index in [1.165, 1.54) is 0 Å². The minimum atomic E-state index is 0.281. The summed E-state index contributed by atoms with van der Waals surface area (Å²) < 4.78 is 2.58. The molecule has 46 heavy (non-hydrogen) atoms. The summed E-state index contributed by atoms with van der Waals surface area (Å²) in [6, 6.07) is 43.8. The van der Waals surface area contributed by atoms with Crippen molar-refractivity contribution in [1.29, 1.82) is 0 Å². The Kier molecular flexibility index (Phi) is 6.46. The summed E-state index contributed by atoms with van der Waals surface area (Å²) in [5.74, 6) is 4.62. The highest BCUT2D eigenvalue weighted by Crippen LogP contribution is 2.59. The van der Waals surface area contributed by atoms with Gasteiger partial charge in [0.1, 0.15) is 0 Å². The largest absolute Gasteiger partial charge is 0.343 e. The molecule has 0 amide bonds. The van der Waals surface area contributed by atoms with E-state index >= 15 is 0 Å². The molecule has 5 aromatic carbocycles. The number of benzene rings is 5. The number of rotatable bonds is 5. The fraction of sp³-hybridized carbons (Fsp3) is 0.0488. The van der Waals surface area contributed by atoms with Crippen molar-refractivity contribution < 1.29 is 0 Å². The van der Waals surface area contributed by atoms with Crippen LogP contribution in [0.1, 0.15) is 11.3 Å². The lowest BCUT2D eigenvalue weighted by atomic mass is 10.0. The van der Waals surface area contributed by atoms with Gasteiger partial charge >= 0.3 is 5.95 Å². The third-order valence-corrected chi connectivity index (χ3v) is 8.96. The molecule has 1 aliphatic heterocycles. The van der Waals surface area contributed by atoms with Crippen molar-refractivity contribution in [2.24, 2.45) is 0 Å². The first kappa shape index (κ1) is 27.5. The predicted molar refractivity (Wildman–Crippen MR) is 189 cm³/mol. The summed E-state index contributed by atoms with van der Waals surface area (Å²) in [6.45, 7) is 2.18. The molecule has 0 fully saturated rings. The van der Waals surface area contributed by atoms with Crippen molar-refractivity contribution in [1.82, 2.24) is 24.0 Å². The maximum absolute atomic E-state index is 5.73. The normalized spacial score (nSPS) is 15.2. The van der Waals surface area contributed by atoms with Crippen LogP contribution in [0.5, 0.6) is 0 Å². The molecule has 0 aliphatic carbocycles. The summed E-state index contributed by atoms with van der Waals surface area (Å²) >= 11 is 0. The lowest BCUT2D eigenvalue weighted by Gasteiger charge is -2.28. The summed E-state index contributed by atoms with van der Waals surface area (Å²) in [6.07, 6.45) is 9.53. The van der Waals surface area contributed by atoms with Crippen LogP contribution in [-0.4, -0.2) is 26.6 Å². The molecular weight excluding hydrogens is 562 g/mol. The van der Waals surface area contributed by atoms with Gasteiger partial charge in [0.25, 0.3) is 0 Å². The first-order valence-corrected chi connectivity index (χ1v) is 15.3. The second kappa shape index (κ2) is 10.8. The summed E-state index contributed by atoms with van der Waals surface area (Å²) in [5.41, 5.74) is 10.8. The van der Waals surface area contributed by atoms with Crippen molar-refractivity contribution in [2.45, 2.75) is 6.92 Å². The number of nitrogens with zero attached hydrogens (tertiary/aromatic N) is 5. The maximum Gasteiger partial charge on any atom is 0.343 e. The van der Waals surface area contributed by atoms with E-state index in [-0.39, 0.29) is 4.48 Å². The number of allylic oxidation sites excluding steroid dienone is 1. The lowest BCUT2D eigenvalue weighted by molar-refractivity contribution is 0.604. The number of terminal acetylenes is 1. The van der Waals surface area contributed by atoms with Gasteiger partial charge in [0.2, 0.25) is 0 Å². The molecule has 2 aromatic heterocycles. The summed E-state index contributed by atoms with van der Waals surface area (Å²) in [5, 5.41) is 1.15. The van der Waals surface area contributed by atoms with E-state index < -0.39 is 0 Å². The van der Waals surface area contributed by atoms with E-state index in [9.17, 15) is 0 Å². The first-order valence-electron chi connectivity index (χ1n) is 15.3. The Morgan fingerprint density at radius 3 is 1.89 bits per heavy atom. The van der Waals surface area contributed by atoms with Crippen LogP contribution < -0.4 is 4.48 Å². The van der Waals surface area contributed by atoms with Crippen LogP contribution in [-0.2, 0) is 0 Å². The Hall–Kier alpha value is -6.09. The van der Waals surface area contributed by atoms with E-state index in [1.807, 2.05) is 72.8 Å². The van der Waals surface area contributed by atoms with Crippen molar-refractivity contribution in [3.8, 4) is 51.9 Å². The number of fused-ring (bicyclic) bond motifs is 5. The molecule has 0 unspecified atom stereocenters. The molecule has 0 N–H and O–H groups in total. The third kappa shape index (κ3) is 4.12. The van der Waals surface area contributed by atoms with Gasteiger partial charge in [-0.1, -0.05) is 96.9 Å². The Labute approximate surface area is 268 Å². The zero-order valence-electron chi connectivity index (χ0n) is 25.6. The van der Waals surface area contributed by atoms with Gasteiger partial charge in [-0.3, -0.25) is 0 Å². The quantitative estimate of drug-likeness (QED) is 0.148. The second-order valence-corrected chi connectivity index (χ2v) is 11.6. The fourth-order valence-electron chi connectivity index (χ4n) is 6.84. The second-order valence-electron chi connectivity index (χ2n) is 11.6. The molecular formula is C41H30N5+. The molecule has 0 saturated heterocycles. The fourth-order valence-corrected chi connectivity index (χ4v) is 6.84. The molecule has 218 valence electrons. The van der Waals surface area contributed by atoms with Gasteiger partial charge in [-0.25, -0.2) is 4.98 Å². The molecule has 0 saturated carbocycles. The lowest BCUT2D eigenvalue weighted by Crippen LogP contribution is -2.34. The Morgan fingerprint density at radius 1 is 0.674 bits per heavy atom. The van der Waals surface area contributed by atoms with E-state index in [2.05, 4.69) is 85.1 Å². The number of hydrogen-bond acceptors (Lipinski definition) is 3.